The van der Waals surface area contributed by atoms with Crippen LogP contribution >= 0.6 is 34.8 Å². The van der Waals surface area contributed by atoms with Crippen LogP contribution in [0.3, 0.4) is 0 Å². The third-order valence-electron chi connectivity index (χ3n) is 3.46. The number of fused-ring (bicyclic) bond motifs is 1. The van der Waals surface area contributed by atoms with E-state index in [0.29, 0.717) is 21.7 Å². The molecule has 0 N–H and O–H groups in total. The maximum Gasteiger partial charge on any atom is 0.209 e. The van der Waals surface area contributed by atoms with Crippen LogP contribution in [0.1, 0.15) is 0 Å². The molecule has 1 heterocycles. The van der Waals surface area contributed by atoms with Crippen LogP contribution in [0.5, 0.6) is 5.75 Å². The number of rotatable bonds is 3. The lowest BCUT2D eigenvalue weighted by molar-refractivity contribution is 0.414. The van der Waals surface area contributed by atoms with Crippen LogP contribution in [0, 0.1) is 0 Å². The monoisotopic (exact) mass is 401 g/mol. The molecule has 0 unspecified atom stereocenters. The van der Waals surface area contributed by atoms with Crippen molar-refractivity contribution in [1.29, 1.82) is 0 Å². The standard InChI is InChI=1S/C16H10Cl3NO3S/c1-23-14-5-3-10(7-12(14)18)24(21,22)15-8-20-13-6-9(17)2-4-11(13)16(15)19/h2-8H,1H3. The predicted octanol–water partition coefficient (Wildman–Crippen LogP) is 5.04. The molecular weight excluding hydrogens is 393 g/mol. The molecule has 0 fully saturated rings. The summed E-state index contributed by atoms with van der Waals surface area (Å²) in [5.41, 5.74) is 0.513. The number of halogens is 3. The Hall–Kier alpha value is -1.53. The number of hydrogen-bond acceptors (Lipinski definition) is 4. The molecule has 3 rings (SSSR count). The predicted molar refractivity (Wildman–Crippen MR) is 95.2 cm³/mol. The highest BCUT2D eigenvalue weighted by atomic mass is 35.5. The van der Waals surface area contributed by atoms with Gasteiger partial charge in [-0.1, -0.05) is 34.8 Å². The van der Waals surface area contributed by atoms with E-state index in [2.05, 4.69) is 4.98 Å². The van der Waals surface area contributed by atoms with Crippen molar-refractivity contribution in [3.63, 3.8) is 0 Å². The average Bonchev–Trinajstić information content (AvgIpc) is 2.54. The smallest absolute Gasteiger partial charge is 0.209 e. The van der Waals surface area contributed by atoms with E-state index in [4.69, 9.17) is 39.5 Å². The molecule has 0 saturated heterocycles. The molecule has 8 heteroatoms. The number of methoxy groups -OCH3 is 1. The highest BCUT2D eigenvalue weighted by molar-refractivity contribution is 7.91. The quantitative estimate of drug-likeness (QED) is 0.616. The summed E-state index contributed by atoms with van der Waals surface area (Å²) in [5.74, 6) is 0.382. The first kappa shape index (κ1) is 17.3. The first-order valence-electron chi connectivity index (χ1n) is 6.67. The van der Waals surface area contributed by atoms with Gasteiger partial charge in [-0.3, -0.25) is 4.98 Å². The lowest BCUT2D eigenvalue weighted by Gasteiger charge is -2.10. The van der Waals surface area contributed by atoms with E-state index in [-0.39, 0.29) is 19.8 Å². The minimum absolute atomic E-state index is 0.00492. The van der Waals surface area contributed by atoms with Crippen molar-refractivity contribution in [2.45, 2.75) is 9.79 Å². The molecule has 0 bridgehead atoms. The van der Waals surface area contributed by atoms with Crippen molar-refractivity contribution in [2.24, 2.45) is 0 Å². The van der Waals surface area contributed by atoms with Crippen LogP contribution in [-0.2, 0) is 9.84 Å². The average molecular weight is 403 g/mol. The molecule has 4 nitrogen and oxygen atoms in total. The molecular formula is C16H10Cl3NO3S. The van der Waals surface area contributed by atoms with E-state index >= 15 is 0 Å². The van der Waals surface area contributed by atoms with Gasteiger partial charge in [0.1, 0.15) is 10.6 Å². The van der Waals surface area contributed by atoms with E-state index in [1.165, 1.54) is 31.5 Å². The van der Waals surface area contributed by atoms with Crippen LogP contribution in [0.4, 0.5) is 0 Å². The van der Waals surface area contributed by atoms with E-state index in [1.54, 1.807) is 18.2 Å². The molecule has 1 aromatic heterocycles. The van der Waals surface area contributed by atoms with Crippen LogP contribution < -0.4 is 4.74 Å². The zero-order valence-electron chi connectivity index (χ0n) is 12.3. The summed E-state index contributed by atoms with van der Waals surface area (Å²) < 4.78 is 30.8. The number of sulfone groups is 1. The van der Waals surface area contributed by atoms with Gasteiger partial charge in [-0.25, -0.2) is 8.42 Å². The summed E-state index contributed by atoms with van der Waals surface area (Å²) in [6.07, 6.45) is 1.22. The zero-order chi connectivity index (χ0) is 17.5. The van der Waals surface area contributed by atoms with Gasteiger partial charge in [0, 0.05) is 16.6 Å². The zero-order valence-corrected chi connectivity index (χ0v) is 15.3. The normalized spacial score (nSPS) is 11.7. The van der Waals surface area contributed by atoms with Crippen LogP contribution in [0.25, 0.3) is 10.9 Å². The van der Waals surface area contributed by atoms with Gasteiger partial charge in [-0.2, -0.15) is 0 Å². The van der Waals surface area contributed by atoms with Crippen molar-refractivity contribution in [2.75, 3.05) is 7.11 Å². The molecule has 0 aliphatic heterocycles. The molecule has 124 valence electrons. The molecule has 0 spiro atoms. The van der Waals surface area contributed by atoms with Crippen molar-refractivity contribution in [3.05, 3.63) is 57.7 Å². The fraction of sp³-hybridized carbons (Fsp3) is 0.0625. The Morgan fingerprint density at radius 1 is 1.04 bits per heavy atom. The Bertz CT molecular complexity index is 1050. The minimum Gasteiger partial charge on any atom is -0.495 e. The van der Waals surface area contributed by atoms with Gasteiger partial charge in [0.15, 0.2) is 0 Å². The van der Waals surface area contributed by atoms with Gasteiger partial charge in [-0.05, 0) is 36.4 Å². The Kier molecular flexibility index (Phi) is 4.62. The van der Waals surface area contributed by atoms with Gasteiger partial charge in [0.05, 0.1) is 27.6 Å². The van der Waals surface area contributed by atoms with Gasteiger partial charge in [0.25, 0.3) is 0 Å². The molecule has 0 amide bonds. The summed E-state index contributed by atoms with van der Waals surface area (Å²) in [4.78, 5) is 4.05. The highest BCUT2D eigenvalue weighted by Crippen LogP contribution is 2.35. The Labute approximate surface area is 153 Å². The Balaban J connectivity index is 2.20. The Morgan fingerprint density at radius 3 is 2.46 bits per heavy atom. The number of nitrogens with zero attached hydrogens (tertiary/aromatic N) is 1. The maximum absolute atomic E-state index is 12.9. The van der Waals surface area contributed by atoms with Gasteiger partial charge in [0.2, 0.25) is 9.84 Å². The second-order valence-electron chi connectivity index (χ2n) is 4.90. The molecule has 0 saturated carbocycles. The van der Waals surface area contributed by atoms with Crippen LogP contribution in [0.15, 0.2) is 52.4 Å². The minimum atomic E-state index is -3.89. The topological polar surface area (TPSA) is 56.3 Å². The SMILES string of the molecule is COc1ccc(S(=O)(=O)c2cnc3cc(Cl)ccc3c2Cl)cc1Cl. The van der Waals surface area contributed by atoms with Crippen LogP contribution in [-0.4, -0.2) is 20.5 Å². The first-order valence-corrected chi connectivity index (χ1v) is 9.28. The summed E-state index contributed by atoms with van der Waals surface area (Å²) in [6.45, 7) is 0. The van der Waals surface area contributed by atoms with Gasteiger partial charge in [-0.15, -0.1) is 0 Å². The highest BCUT2D eigenvalue weighted by Gasteiger charge is 2.24. The van der Waals surface area contributed by atoms with Gasteiger partial charge < -0.3 is 4.74 Å². The largest absolute Gasteiger partial charge is 0.495 e. The summed E-state index contributed by atoms with van der Waals surface area (Å²) in [6, 6.07) is 9.08. The molecule has 0 atom stereocenters. The number of ether oxygens (including phenoxy) is 1. The summed E-state index contributed by atoms with van der Waals surface area (Å²) >= 11 is 18.2. The first-order chi connectivity index (χ1) is 11.3. The van der Waals surface area contributed by atoms with Crippen molar-refractivity contribution < 1.29 is 13.2 Å². The van der Waals surface area contributed by atoms with Gasteiger partial charge >= 0.3 is 0 Å². The third kappa shape index (κ3) is 2.93. The van der Waals surface area contributed by atoms with Crippen molar-refractivity contribution in [3.8, 4) is 5.75 Å². The Morgan fingerprint density at radius 2 is 1.79 bits per heavy atom. The number of aromatic nitrogens is 1. The molecule has 2 aromatic carbocycles. The lowest BCUT2D eigenvalue weighted by atomic mass is 10.2. The molecule has 0 radical (unpaired) electrons. The van der Waals surface area contributed by atoms with E-state index in [0.717, 1.165) is 0 Å². The second-order valence-corrected chi connectivity index (χ2v) is 8.04. The fourth-order valence-corrected chi connectivity index (χ4v) is 4.56. The van der Waals surface area contributed by atoms with Crippen LogP contribution in [0.2, 0.25) is 15.1 Å². The third-order valence-corrected chi connectivity index (χ3v) is 6.27. The van der Waals surface area contributed by atoms with E-state index in [1.807, 2.05) is 0 Å². The molecule has 0 aliphatic carbocycles. The van der Waals surface area contributed by atoms with Crippen molar-refractivity contribution in [1.82, 2.24) is 4.98 Å². The number of pyridine rings is 1. The maximum atomic E-state index is 12.9. The molecule has 24 heavy (non-hydrogen) atoms. The van der Waals surface area contributed by atoms with E-state index in [9.17, 15) is 8.42 Å². The summed E-state index contributed by atoms with van der Waals surface area (Å²) in [5, 5.41) is 1.27. The molecule has 3 aromatic rings. The number of hydrogen-bond donors (Lipinski definition) is 0. The lowest BCUT2D eigenvalue weighted by Crippen LogP contribution is -2.04. The van der Waals surface area contributed by atoms with Crippen molar-refractivity contribution >= 4 is 55.5 Å². The second kappa shape index (κ2) is 6.41. The summed E-state index contributed by atoms with van der Waals surface area (Å²) in [7, 11) is -2.44. The van der Waals surface area contributed by atoms with E-state index < -0.39 is 9.84 Å². The number of benzene rings is 2. The molecule has 0 aliphatic rings. The fourth-order valence-electron chi connectivity index (χ4n) is 2.24.